The molecule has 0 unspecified atom stereocenters. The third-order valence-electron chi connectivity index (χ3n) is 16.3. The predicted octanol–water partition coefficient (Wildman–Crippen LogP) is 15.7. The summed E-state index contributed by atoms with van der Waals surface area (Å²) < 4.78 is 0. The molecule has 1 spiro atoms. The maximum atomic E-state index is 2.66. The van der Waals surface area contributed by atoms with E-state index in [1.54, 1.807) is 11.1 Å². The normalized spacial score (nSPS) is 25.2. The van der Waals surface area contributed by atoms with Gasteiger partial charge in [-0.15, -0.1) is 0 Å². The van der Waals surface area contributed by atoms with Gasteiger partial charge in [-0.3, -0.25) is 0 Å². The zero-order chi connectivity index (χ0) is 39.7. The van der Waals surface area contributed by atoms with Gasteiger partial charge in [0, 0.05) is 22.5 Å². The number of hydrogen-bond acceptors (Lipinski definition) is 1. The van der Waals surface area contributed by atoms with Crippen molar-refractivity contribution in [1.82, 2.24) is 0 Å². The van der Waals surface area contributed by atoms with Crippen LogP contribution in [0.3, 0.4) is 0 Å². The molecule has 4 fully saturated rings. The van der Waals surface area contributed by atoms with Crippen molar-refractivity contribution in [3.8, 4) is 33.4 Å². The Morgan fingerprint density at radius 2 is 0.898 bits per heavy atom. The van der Waals surface area contributed by atoms with Crippen molar-refractivity contribution in [2.45, 2.75) is 88.9 Å². The molecular formula is C58H55N. The second kappa shape index (κ2) is 12.8. The van der Waals surface area contributed by atoms with Gasteiger partial charge in [0.1, 0.15) is 0 Å². The van der Waals surface area contributed by atoms with Gasteiger partial charge in [0.2, 0.25) is 0 Å². The van der Waals surface area contributed by atoms with Gasteiger partial charge in [0.05, 0.1) is 0 Å². The average molecular weight is 766 g/mol. The quantitative estimate of drug-likeness (QED) is 0.169. The molecule has 1 heteroatoms. The monoisotopic (exact) mass is 765 g/mol. The Morgan fingerprint density at radius 1 is 0.390 bits per heavy atom. The molecule has 4 saturated carbocycles. The Morgan fingerprint density at radius 3 is 1.59 bits per heavy atom. The molecule has 6 aliphatic carbocycles. The maximum Gasteiger partial charge on any atom is 0.0465 e. The van der Waals surface area contributed by atoms with Crippen LogP contribution in [0.4, 0.5) is 17.1 Å². The molecule has 4 bridgehead atoms. The third-order valence-corrected chi connectivity index (χ3v) is 16.3. The topological polar surface area (TPSA) is 3.24 Å². The fourth-order valence-electron chi connectivity index (χ4n) is 13.5. The van der Waals surface area contributed by atoms with Gasteiger partial charge in [0.15, 0.2) is 0 Å². The minimum Gasteiger partial charge on any atom is -0.310 e. The van der Waals surface area contributed by atoms with Crippen LogP contribution in [0.5, 0.6) is 0 Å². The van der Waals surface area contributed by atoms with Crippen LogP contribution in [0.2, 0.25) is 0 Å². The molecule has 0 saturated heterocycles. The fraction of sp³-hybridized carbons (Fsp3) is 0.310. The van der Waals surface area contributed by atoms with Crippen LogP contribution in [-0.2, 0) is 16.2 Å². The molecule has 7 aromatic rings. The van der Waals surface area contributed by atoms with Crippen molar-refractivity contribution in [2.24, 2.45) is 23.7 Å². The van der Waals surface area contributed by atoms with Crippen molar-refractivity contribution in [3.05, 3.63) is 174 Å². The van der Waals surface area contributed by atoms with E-state index < -0.39 is 0 Å². The summed E-state index contributed by atoms with van der Waals surface area (Å²) in [6.45, 7) is 9.79. The van der Waals surface area contributed by atoms with E-state index in [1.807, 2.05) is 0 Å². The summed E-state index contributed by atoms with van der Waals surface area (Å²) in [5.41, 5.74) is 18.4. The van der Waals surface area contributed by atoms with Gasteiger partial charge < -0.3 is 4.90 Å². The average Bonchev–Trinajstić information content (AvgIpc) is 3.54. The van der Waals surface area contributed by atoms with Gasteiger partial charge in [-0.1, -0.05) is 137 Å². The molecule has 59 heavy (non-hydrogen) atoms. The molecule has 0 aromatic heterocycles. The Balaban J connectivity index is 0.969. The van der Waals surface area contributed by atoms with Crippen molar-refractivity contribution in [2.75, 3.05) is 4.90 Å². The van der Waals surface area contributed by atoms with Crippen LogP contribution in [0.1, 0.15) is 94.9 Å². The van der Waals surface area contributed by atoms with E-state index >= 15 is 0 Å². The first-order valence-electron chi connectivity index (χ1n) is 22.5. The van der Waals surface area contributed by atoms with Crippen LogP contribution in [-0.4, -0.2) is 0 Å². The molecule has 0 heterocycles. The van der Waals surface area contributed by atoms with Crippen molar-refractivity contribution in [1.29, 1.82) is 0 Å². The van der Waals surface area contributed by atoms with Gasteiger partial charge in [-0.25, -0.2) is 0 Å². The van der Waals surface area contributed by atoms with Crippen LogP contribution in [0.15, 0.2) is 152 Å². The molecule has 0 N–H and O–H groups in total. The van der Waals surface area contributed by atoms with Crippen LogP contribution < -0.4 is 4.90 Å². The van der Waals surface area contributed by atoms with E-state index in [0.29, 0.717) is 0 Å². The largest absolute Gasteiger partial charge is 0.310 e. The molecule has 0 amide bonds. The van der Waals surface area contributed by atoms with Crippen molar-refractivity contribution in [3.63, 3.8) is 0 Å². The van der Waals surface area contributed by atoms with Crippen molar-refractivity contribution >= 4 is 27.8 Å². The minimum absolute atomic E-state index is 0.124. The minimum atomic E-state index is 0.124. The Hall–Kier alpha value is -5.40. The summed E-state index contributed by atoms with van der Waals surface area (Å²) in [7, 11) is 0. The molecule has 6 aliphatic rings. The lowest BCUT2D eigenvalue weighted by atomic mass is 9.43. The van der Waals surface area contributed by atoms with Gasteiger partial charge in [0.25, 0.3) is 0 Å². The molecule has 0 aliphatic heterocycles. The van der Waals surface area contributed by atoms with E-state index in [2.05, 4.69) is 184 Å². The number of rotatable bonds is 5. The second-order valence-electron chi connectivity index (χ2n) is 20.5. The molecule has 292 valence electrons. The smallest absolute Gasteiger partial charge is 0.0465 e. The summed E-state index contributed by atoms with van der Waals surface area (Å²) in [5, 5.41) is 2.56. The summed E-state index contributed by atoms with van der Waals surface area (Å²) in [6.07, 6.45) is 9.49. The number of fused-ring (bicyclic) bond motifs is 5. The van der Waals surface area contributed by atoms with Gasteiger partial charge >= 0.3 is 0 Å². The van der Waals surface area contributed by atoms with E-state index in [-0.39, 0.29) is 16.2 Å². The standard InChI is InChI=1S/C58H55N/c1-56(2)27-28-57(3,4)55-36-49(24-26-53(55)56)59(47-21-19-41(20-22-47)40-13-15-42(16-14-40)44-18-17-39-9-5-6-10-43(39)34-44)48-23-25-51-50-11-7-8-12-52(50)58(54(51)35-48)45-30-37-29-38(32-45)33-46(58)31-37/h5-26,34-38,45-46H,27-33H2,1-4H3. The zero-order valence-corrected chi connectivity index (χ0v) is 35.1. The summed E-state index contributed by atoms with van der Waals surface area (Å²) in [6, 6.07) is 58.4. The highest BCUT2D eigenvalue weighted by Crippen LogP contribution is 2.69. The summed E-state index contributed by atoms with van der Waals surface area (Å²) in [4.78, 5) is 2.58. The van der Waals surface area contributed by atoms with Crippen LogP contribution in [0.25, 0.3) is 44.2 Å². The first kappa shape index (κ1) is 35.5. The first-order chi connectivity index (χ1) is 28.7. The highest BCUT2D eigenvalue weighted by atomic mass is 15.1. The molecule has 13 rings (SSSR count). The summed E-state index contributed by atoms with van der Waals surface area (Å²) >= 11 is 0. The fourth-order valence-corrected chi connectivity index (χ4v) is 13.5. The first-order valence-corrected chi connectivity index (χ1v) is 22.5. The summed E-state index contributed by atoms with van der Waals surface area (Å²) in [5.74, 6) is 3.33. The molecule has 0 atom stereocenters. The lowest BCUT2D eigenvalue weighted by Gasteiger charge is -2.61. The molecule has 0 radical (unpaired) electrons. The number of anilines is 3. The second-order valence-corrected chi connectivity index (χ2v) is 20.5. The Labute approximate surface area is 351 Å². The van der Waals surface area contributed by atoms with E-state index in [0.717, 1.165) is 23.7 Å². The Kier molecular flexibility index (Phi) is 7.71. The predicted molar refractivity (Wildman–Crippen MR) is 248 cm³/mol. The highest BCUT2D eigenvalue weighted by Gasteiger charge is 2.61. The number of nitrogens with zero attached hydrogens (tertiary/aromatic N) is 1. The highest BCUT2D eigenvalue weighted by molar-refractivity contribution is 5.89. The van der Waals surface area contributed by atoms with Crippen LogP contribution >= 0.6 is 0 Å². The molecular weight excluding hydrogens is 711 g/mol. The van der Waals surface area contributed by atoms with Gasteiger partial charge in [-0.2, -0.15) is 0 Å². The van der Waals surface area contributed by atoms with E-state index in [1.165, 1.54) is 117 Å². The van der Waals surface area contributed by atoms with Gasteiger partial charge in [-0.05, 0) is 188 Å². The van der Waals surface area contributed by atoms with Crippen LogP contribution in [0, 0.1) is 23.7 Å². The van der Waals surface area contributed by atoms with Crippen molar-refractivity contribution < 1.29 is 0 Å². The lowest BCUT2D eigenvalue weighted by Crippen LogP contribution is -2.55. The number of hydrogen-bond donors (Lipinski definition) is 0. The molecule has 1 nitrogen and oxygen atoms in total. The number of benzene rings is 7. The van der Waals surface area contributed by atoms with E-state index in [4.69, 9.17) is 0 Å². The Bertz CT molecular complexity index is 2750. The lowest BCUT2D eigenvalue weighted by molar-refractivity contribution is -0.0399. The molecule has 7 aromatic carbocycles. The zero-order valence-electron chi connectivity index (χ0n) is 35.1. The SMILES string of the molecule is CC1(C)CCC(C)(C)c2cc(N(c3ccc(-c4ccc(-c5ccc6ccccc6c5)cc4)cc3)c3ccc4c(c3)C3(c5ccccc5-4)C4CC5CC(C4)CC3C5)ccc21. The maximum absolute atomic E-state index is 2.66. The third kappa shape index (κ3) is 5.35. The van der Waals surface area contributed by atoms with E-state index in [9.17, 15) is 0 Å².